The highest BCUT2D eigenvalue weighted by Gasteiger charge is 2.31. The maximum absolute atomic E-state index is 10.0. The molecule has 15 heavy (non-hydrogen) atoms. The molecule has 3 nitrogen and oxygen atoms in total. The van der Waals surface area contributed by atoms with E-state index in [2.05, 4.69) is 12.2 Å². The first-order valence-electron chi connectivity index (χ1n) is 6.04. The summed E-state index contributed by atoms with van der Waals surface area (Å²) in [5.41, 5.74) is -0.641. The molecule has 90 valence electrons. The average Bonchev–Trinajstić information content (AvgIpc) is 3.00. The molecule has 0 aliphatic heterocycles. The Hall–Kier alpha value is -0.120. The number of rotatable bonds is 8. The van der Waals surface area contributed by atoms with Crippen molar-refractivity contribution in [3.8, 4) is 0 Å². The summed E-state index contributed by atoms with van der Waals surface area (Å²) in [6.07, 6.45) is 4.56. The molecule has 0 aromatic rings. The molecule has 1 aliphatic rings. The Balaban J connectivity index is 2.20. The first-order chi connectivity index (χ1) is 7.09. The Kier molecular flexibility index (Phi) is 5.03. The number of nitrogens with one attached hydrogen (secondary N) is 1. The summed E-state index contributed by atoms with van der Waals surface area (Å²) < 4.78 is 4.98. The van der Waals surface area contributed by atoms with E-state index < -0.39 is 5.60 Å². The molecule has 0 saturated heterocycles. The molecule has 2 unspecified atom stereocenters. The van der Waals surface area contributed by atoms with Gasteiger partial charge in [-0.2, -0.15) is 0 Å². The van der Waals surface area contributed by atoms with Crippen molar-refractivity contribution in [3.63, 3.8) is 0 Å². The van der Waals surface area contributed by atoms with Crippen LogP contribution in [0.15, 0.2) is 0 Å². The number of ether oxygens (including phenoxy) is 1. The van der Waals surface area contributed by atoms with Crippen molar-refractivity contribution in [3.05, 3.63) is 0 Å². The van der Waals surface area contributed by atoms with E-state index in [0.29, 0.717) is 25.6 Å². The number of hydrogen-bond acceptors (Lipinski definition) is 3. The van der Waals surface area contributed by atoms with Crippen LogP contribution in [0.4, 0.5) is 0 Å². The average molecular weight is 215 g/mol. The van der Waals surface area contributed by atoms with Crippen LogP contribution in [-0.4, -0.2) is 37.0 Å². The van der Waals surface area contributed by atoms with Crippen LogP contribution in [0, 0.1) is 5.92 Å². The fraction of sp³-hybridized carbons (Fsp3) is 1.00. The van der Waals surface area contributed by atoms with E-state index >= 15 is 0 Å². The van der Waals surface area contributed by atoms with Crippen molar-refractivity contribution in [1.29, 1.82) is 0 Å². The van der Waals surface area contributed by atoms with E-state index in [1.54, 1.807) is 7.11 Å². The van der Waals surface area contributed by atoms with Gasteiger partial charge in [0, 0.05) is 32.7 Å². The second kappa shape index (κ2) is 5.83. The zero-order valence-corrected chi connectivity index (χ0v) is 10.3. The Bertz CT molecular complexity index is 178. The third-order valence-electron chi connectivity index (χ3n) is 3.22. The lowest BCUT2D eigenvalue weighted by Crippen LogP contribution is -2.43. The predicted molar refractivity (Wildman–Crippen MR) is 61.9 cm³/mol. The monoisotopic (exact) mass is 215 g/mol. The largest absolute Gasteiger partial charge is 0.389 e. The van der Waals surface area contributed by atoms with Gasteiger partial charge in [0.2, 0.25) is 0 Å². The van der Waals surface area contributed by atoms with E-state index in [1.165, 1.54) is 12.8 Å². The Morgan fingerprint density at radius 3 is 2.67 bits per heavy atom. The quantitative estimate of drug-likeness (QED) is 0.645. The van der Waals surface area contributed by atoms with Crippen molar-refractivity contribution < 1.29 is 9.84 Å². The van der Waals surface area contributed by atoms with Gasteiger partial charge >= 0.3 is 0 Å². The lowest BCUT2D eigenvalue weighted by molar-refractivity contribution is 0.0221. The molecule has 0 aromatic carbocycles. The minimum absolute atomic E-state index is 0.596. The zero-order valence-electron chi connectivity index (χ0n) is 10.3. The highest BCUT2D eigenvalue weighted by Crippen LogP contribution is 2.34. The van der Waals surface area contributed by atoms with Crippen molar-refractivity contribution in [2.24, 2.45) is 5.92 Å². The molecule has 0 bridgehead atoms. The van der Waals surface area contributed by atoms with Gasteiger partial charge in [-0.05, 0) is 32.1 Å². The Morgan fingerprint density at radius 2 is 2.20 bits per heavy atom. The van der Waals surface area contributed by atoms with Crippen molar-refractivity contribution >= 4 is 0 Å². The third kappa shape index (κ3) is 4.96. The molecule has 2 N–H and O–H groups in total. The smallest absolute Gasteiger partial charge is 0.0765 e. The van der Waals surface area contributed by atoms with Crippen LogP contribution in [0.1, 0.15) is 39.5 Å². The van der Waals surface area contributed by atoms with Crippen LogP contribution in [-0.2, 0) is 4.74 Å². The lowest BCUT2D eigenvalue weighted by Gasteiger charge is -2.26. The molecular formula is C12H25NO2. The fourth-order valence-electron chi connectivity index (χ4n) is 1.90. The van der Waals surface area contributed by atoms with E-state index in [4.69, 9.17) is 4.74 Å². The van der Waals surface area contributed by atoms with Gasteiger partial charge in [0.1, 0.15) is 0 Å². The van der Waals surface area contributed by atoms with Crippen molar-refractivity contribution in [2.75, 3.05) is 20.3 Å². The van der Waals surface area contributed by atoms with Gasteiger partial charge < -0.3 is 15.2 Å². The van der Waals surface area contributed by atoms with Gasteiger partial charge in [0.15, 0.2) is 0 Å². The minimum Gasteiger partial charge on any atom is -0.389 e. The van der Waals surface area contributed by atoms with Gasteiger partial charge in [-0.15, -0.1) is 0 Å². The Labute approximate surface area is 93.2 Å². The van der Waals surface area contributed by atoms with Crippen LogP contribution in [0.2, 0.25) is 0 Å². The predicted octanol–water partition coefficient (Wildman–Crippen LogP) is 1.55. The third-order valence-corrected chi connectivity index (χ3v) is 3.22. The minimum atomic E-state index is -0.641. The van der Waals surface area contributed by atoms with Crippen LogP contribution in [0.5, 0.6) is 0 Å². The van der Waals surface area contributed by atoms with Gasteiger partial charge in [0.05, 0.1) is 5.60 Å². The first kappa shape index (κ1) is 12.9. The van der Waals surface area contributed by atoms with E-state index in [1.807, 2.05) is 6.92 Å². The summed E-state index contributed by atoms with van der Waals surface area (Å²) in [6.45, 7) is 5.37. The molecule has 1 aliphatic carbocycles. The molecule has 0 radical (unpaired) electrons. The molecule has 0 amide bonds. The standard InChI is InChI=1S/C12H25NO2/c1-4-11(10-5-6-10)13-9-12(2,14)7-8-15-3/h10-11,13-14H,4-9H2,1-3H3. The van der Waals surface area contributed by atoms with Crippen LogP contribution < -0.4 is 5.32 Å². The Morgan fingerprint density at radius 1 is 1.53 bits per heavy atom. The van der Waals surface area contributed by atoms with E-state index in [9.17, 15) is 5.11 Å². The normalized spacial score (nSPS) is 22.4. The van der Waals surface area contributed by atoms with Gasteiger partial charge in [-0.25, -0.2) is 0 Å². The summed E-state index contributed by atoms with van der Waals surface area (Å²) in [5, 5.41) is 13.5. The molecule has 1 saturated carbocycles. The maximum atomic E-state index is 10.0. The van der Waals surface area contributed by atoms with Gasteiger partial charge in [-0.3, -0.25) is 0 Å². The lowest BCUT2D eigenvalue weighted by atomic mass is 10.0. The maximum Gasteiger partial charge on any atom is 0.0765 e. The molecule has 2 atom stereocenters. The number of methoxy groups -OCH3 is 1. The number of hydrogen-bond donors (Lipinski definition) is 2. The summed E-state index contributed by atoms with van der Waals surface area (Å²) in [7, 11) is 1.67. The summed E-state index contributed by atoms with van der Waals surface area (Å²) in [6, 6.07) is 0.596. The van der Waals surface area contributed by atoms with E-state index in [-0.39, 0.29) is 0 Å². The SMILES string of the molecule is CCC(NCC(C)(O)CCOC)C1CC1. The van der Waals surface area contributed by atoms with Crippen LogP contribution in [0.25, 0.3) is 0 Å². The van der Waals surface area contributed by atoms with Crippen LogP contribution in [0.3, 0.4) is 0 Å². The molecule has 0 heterocycles. The van der Waals surface area contributed by atoms with E-state index in [0.717, 1.165) is 12.3 Å². The molecule has 1 fully saturated rings. The molecule has 0 aromatic heterocycles. The second-order valence-electron chi connectivity index (χ2n) is 4.97. The van der Waals surface area contributed by atoms with Crippen molar-refractivity contribution in [2.45, 2.75) is 51.2 Å². The number of aliphatic hydroxyl groups is 1. The summed E-state index contributed by atoms with van der Waals surface area (Å²) >= 11 is 0. The molecule has 1 rings (SSSR count). The van der Waals surface area contributed by atoms with Gasteiger partial charge in [-0.1, -0.05) is 6.92 Å². The highest BCUT2D eigenvalue weighted by atomic mass is 16.5. The summed E-state index contributed by atoms with van der Waals surface area (Å²) in [4.78, 5) is 0. The van der Waals surface area contributed by atoms with Crippen molar-refractivity contribution in [1.82, 2.24) is 5.32 Å². The molecular weight excluding hydrogens is 190 g/mol. The highest BCUT2D eigenvalue weighted by molar-refractivity contribution is 4.87. The topological polar surface area (TPSA) is 41.5 Å². The van der Waals surface area contributed by atoms with Gasteiger partial charge in [0.25, 0.3) is 0 Å². The summed E-state index contributed by atoms with van der Waals surface area (Å²) in [5.74, 6) is 0.855. The fourth-order valence-corrected chi connectivity index (χ4v) is 1.90. The zero-order chi connectivity index (χ0) is 11.3. The van der Waals surface area contributed by atoms with Crippen LogP contribution >= 0.6 is 0 Å². The second-order valence-corrected chi connectivity index (χ2v) is 4.97. The first-order valence-corrected chi connectivity index (χ1v) is 6.04. The molecule has 0 spiro atoms. The molecule has 3 heteroatoms.